The summed E-state index contributed by atoms with van der Waals surface area (Å²) in [6.07, 6.45) is 7.62. The molecule has 1 saturated carbocycles. The summed E-state index contributed by atoms with van der Waals surface area (Å²) in [5.41, 5.74) is 7.50. The third kappa shape index (κ3) is 3.52. The van der Waals surface area contributed by atoms with Crippen molar-refractivity contribution in [2.45, 2.75) is 50.7 Å². The first kappa shape index (κ1) is 14.0. The van der Waals surface area contributed by atoms with Gasteiger partial charge in [-0.2, -0.15) is 5.26 Å². The summed E-state index contributed by atoms with van der Waals surface area (Å²) in [6.45, 7) is 2.91. The van der Waals surface area contributed by atoms with Gasteiger partial charge in [0.05, 0.1) is 12.1 Å². The number of pyridine rings is 1. The van der Waals surface area contributed by atoms with Crippen LogP contribution in [0, 0.1) is 11.3 Å². The second kappa shape index (κ2) is 6.65. The van der Waals surface area contributed by atoms with Gasteiger partial charge in [-0.3, -0.25) is 9.88 Å². The van der Waals surface area contributed by atoms with Crippen LogP contribution in [-0.4, -0.2) is 28.5 Å². The van der Waals surface area contributed by atoms with E-state index in [1.165, 1.54) is 18.4 Å². The highest BCUT2D eigenvalue weighted by molar-refractivity contribution is 5.17. The number of nitrogens with zero attached hydrogens (tertiary/aromatic N) is 3. The highest BCUT2D eigenvalue weighted by Gasteiger charge is 2.36. The Labute approximate surface area is 115 Å². The molecule has 1 fully saturated rings. The van der Waals surface area contributed by atoms with Crippen LogP contribution < -0.4 is 5.73 Å². The van der Waals surface area contributed by atoms with Gasteiger partial charge in [-0.05, 0) is 30.9 Å². The maximum atomic E-state index is 8.85. The van der Waals surface area contributed by atoms with Gasteiger partial charge >= 0.3 is 0 Å². The largest absolute Gasteiger partial charge is 0.326 e. The number of aromatic nitrogens is 1. The fourth-order valence-corrected chi connectivity index (χ4v) is 2.59. The van der Waals surface area contributed by atoms with Crippen LogP contribution in [-0.2, 0) is 0 Å². The average Bonchev–Trinajstić information content (AvgIpc) is 3.28. The van der Waals surface area contributed by atoms with Crippen molar-refractivity contribution in [1.82, 2.24) is 9.88 Å². The summed E-state index contributed by atoms with van der Waals surface area (Å²) in [6, 6.07) is 7.16. The minimum atomic E-state index is 0.0866. The molecule has 0 aromatic carbocycles. The standard InChI is InChI=1S/C15H22N4/c1-2-14(17)15(12-5-3-9-18-11-12)19(10-4-8-16)13-6-7-13/h3,5,9,11,13-15H,2,4,6-7,10,17H2,1H3. The summed E-state index contributed by atoms with van der Waals surface area (Å²) in [5.74, 6) is 0. The van der Waals surface area contributed by atoms with Crippen LogP contribution in [0.3, 0.4) is 0 Å². The molecule has 1 aliphatic rings. The lowest BCUT2D eigenvalue weighted by Crippen LogP contribution is -2.42. The Bertz CT molecular complexity index is 422. The van der Waals surface area contributed by atoms with Crippen LogP contribution in [0.1, 0.15) is 44.2 Å². The van der Waals surface area contributed by atoms with E-state index in [2.05, 4.69) is 28.9 Å². The minimum Gasteiger partial charge on any atom is -0.326 e. The first-order valence-electron chi connectivity index (χ1n) is 7.06. The molecule has 2 N–H and O–H groups in total. The molecule has 2 rings (SSSR count). The smallest absolute Gasteiger partial charge is 0.0635 e. The zero-order valence-corrected chi connectivity index (χ0v) is 11.5. The molecule has 1 heterocycles. The predicted molar refractivity (Wildman–Crippen MR) is 75.2 cm³/mol. The van der Waals surface area contributed by atoms with Gasteiger partial charge in [-0.1, -0.05) is 13.0 Å². The lowest BCUT2D eigenvalue weighted by Gasteiger charge is -2.35. The molecule has 1 aliphatic carbocycles. The monoisotopic (exact) mass is 258 g/mol. The van der Waals surface area contributed by atoms with Gasteiger partial charge in [0.2, 0.25) is 0 Å². The molecule has 1 aromatic rings. The molecule has 4 nitrogen and oxygen atoms in total. The Kier molecular flexibility index (Phi) is 4.89. The Hall–Kier alpha value is -1.44. The number of hydrogen-bond acceptors (Lipinski definition) is 4. The van der Waals surface area contributed by atoms with Crippen LogP contribution in [0.4, 0.5) is 0 Å². The SMILES string of the molecule is CCC(N)C(c1cccnc1)N(CCC#N)C1CC1. The molecule has 0 radical (unpaired) electrons. The minimum absolute atomic E-state index is 0.0866. The third-order valence-electron chi connectivity index (χ3n) is 3.76. The van der Waals surface area contributed by atoms with Crippen molar-refractivity contribution in [2.24, 2.45) is 5.73 Å². The fourth-order valence-electron chi connectivity index (χ4n) is 2.59. The van der Waals surface area contributed by atoms with Gasteiger partial charge in [0.1, 0.15) is 0 Å². The summed E-state index contributed by atoms with van der Waals surface area (Å²) < 4.78 is 0. The molecule has 2 atom stereocenters. The molecule has 0 amide bonds. The lowest BCUT2D eigenvalue weighted by atomic mass is 9.97. The van der Waals surface area contributed by atoms with Gasteiger partial charge in [-0.15, -0.1) is 0 Å². The number of nitrogens with two attached hydrogens (primary N) is 1. The molecule has 19 heavy (non-hydrogen) atoms. The van der Waals surface area contributed by atoms with Crippen molar-refractivity contribution in [3.8, 4) is 6.07 Å². The summed E-state index contributed by atoms with van der Waals surface area (Å²) in [7, 11) is 0. The molecule has 0 spiro atoms. The first-order valence-corrected chi connectivity index (χ1v) is 7.06. The Morgan fingerprint density at radius 3 is 2.89 bits per heavy atom. The molecule has 4 heteroatoms. The zero-order valence-electron chi connectivity index (χ0n) is 11.5. The van der Waals surface area contributed by atoms with E-state index in [0.29, 0.717) is 12.5 Å². The lowest BCUT2D eigenvalue weighted by molar-refractivity contribution is 0.162. The van der Waals surface area contributed by atoms with E-state index in [4.69, 9.17) is 11.0 Å². The molecular weight excluding hydrogens is 236 g/mol. The van der Waals surface area contributed by atoms with Crippen molar-refractivity contribution >= 4 is 0 Å². The second-order valence-electron chi connectivity index (χ2n) is 5.18. The number of rotatable bonds is 7. The van der Waals surface area contributed by atoms with Crippen LogP contribution in [0.15, 0.2) is 24.5 Å². The van der Waals surface area contributed by atoms with E-state index >= 15 is 0 Å². The highest BCUT2D eigenvalue weighted by Crippen LogP contribution is 2.36. The Balaban J connectivity index is 2.22. The molecule has 2 unspecified atom stereocenters. The number of hydrogen-bond donors (Lipinski definition) is 1. The number of nitriles is 1. The van der Waals surface area contributed by atoms with Gasteiger partial charge in [0.25, 0.3) is 0 Å². The zero-order chi connectivity index (χ0) is 13.7. The van der Waals surface area contributed by atoms with Crippen molar-refractivity contribution < 1.29 is 0 Å². The van der Waals surface area contributed by atoms with E-state index in [9.17, 15) is 0 Å². The van der Waals surface area contributed by atoms with Crippen LogP contribution >= 0.6 is 0 Å². The summed E-state index contributed by atoms with van der Waals surface area (Å²) >= 11 is 0. The van der Waals surface area contributed by atoms with Gasteiger partial charge in [0.15, 0.2) is 0 Å². The van der Waals surface area contributed by atoms with Crippen molar-refractivity contribution in [3.05, 3.63) is 30.1 Å². The van der Waals surface area contributed by atoms with Gasteiger partial charge < -0.3 is 5.73 Å². The van der Waals surface area contributed by atoms with Crippen LogP contribution in [0.25, 0.3) is 0 Å². The molecule has 102 valence electrons. The molecule has 0 saturated heterocycles. The molecule has 0 aliphatic heterocycles. The van der Waals surface area contributed by atoms with E-state index in [-0.39, 0.29) is 12.1 Å². The summed E-state index contributed by atoms with van der Waals surface area (Å²) in [5, 5.41) is 8.85. The Morgan fingerprint density at radius 1 is 1.58 bits per heavy atom. The van der Waals surface area contributed by atoms with E-state index in [1.54, 1.807) is 6.20 Å². The van der Waals surface area contributed by atoms with E-state index in [0.717, 1.165) is 13.0 Å². The molecule has 1 aromatic heterocycles. The van der Waals surface area contributed by atoms with E-state index < -0.39 is 0 Å². The van der Waals surface area contributed by atoms with Gasteiger partial charge in [-0.25, -0.2) is 0 Å². The highest BCUT2D eigenvalue weighted by atomic mass is 15.2. The van der Waals surface area contributed by atoms with Crippen LogP contribution in [0.2, 0.25) is 0 Å². The van der Waals surface area contributed by atoms with Crippen molar-refractivity contribution in [1.29, 1.82) is 5.26 Å². The van der Waals surface area contributed by atoms with Gasteiger partial charge in [0, 0.05) is 37.4 Å². The normalized spacial score (nSPS) is 18.0. The van der Waals surface area contributed by atoms with Crippen molar-refractivity contribution in [2.75, 3.05) is 6.54 Å². The Morgan fingerprint density at radius 2 is 2.37 bits per heavy atom. The molecular formula is C15H22N4. The fraction of sp³-hybridized carbons (Fsp3) is 0.600. The topological polar surface area (TPSA) is 65.9 Å². The maximum absolute atomic E-state index is 8.85. The van der Waals surface area contributed by atoms with E-state index in [1.807, 2.05) is 12.3 Å². The first-order chi connectivity index (χ1) is 9.27. The molecule has 0 bridgehead atoms. The average molecular weight is 258 g/mol. The van der Waals surface area contributed by atoms with Crippen molar-refractivity contribution in [3.63, 3.8) is 0 Å². The maximum Gasteiger partial charge on any atom is 0.0635 e. The second-order valence-corrected chi connectivity index (χ2v) is 5.18. The van der Waals surface area contributed by atoms with Crippen LogP contribution in [0.5, 0.6) is 0 Å². The quantitative estimate of drug-likeness (QED) is 0.814. The predicted octanol–water partition coefficient (Wildman–Crippen LogP) is 2.24. The summed E-state index contributed by atoms with van der Waals surface area (Å²) in [4.78, 5) is 6.63. The third-order valence-corrected chi connectivity index (χ3v) is 3.76.